The van der Waals surface area contributed by atoms with E-state index in [1.807, 2.05) is 12.1 Å². The molecule has 0 atom stereocenters. The summed E-state index contributed by atoms with van der Waals surface area (Å²) in [5, 5.41) is 0. The Morgan fingerprint density at radius 2 is 2.00 bits per heavy atom. The van der Waals surface area contributed by atoms with Crippen LogP contribution >= 0.6 is 15.9 Å². The van der Waals surface area contributed by atoms with E-state index in [1.165, 1.54) is 0 Å². The van der Waals surface area contributed by atoms with Crippen LogP contribution in [-0.4, -0.2) is 12.1 Å². The van der Waals surface area contributed by atoms with Crippen molar-refractivity contribution in [2.45, 2.75) is 25.9 Å². The maximum atomic E-state index is 12.3. The third-order valence-electron chi connectivity index (χ3n) is 2.90. The summed E-state index contributed by atoms with van der Waals surface area (Å²) < 4.78 is 42.1. The van der Waals surface area contributed by atoms with Crippen molar-refractivity contribution in [2.24, 2.45) is 0 Å². The molecular weight excluding hydrogens is 325 g/mol. The minimum atomic E-state index is -4.99. The largest absolute Gasteiger partial charge is 0.491 e. The molecule has 0 bridgehead atoms. The second-order valence-electron chi connectivity index (χ2n) is 4.30. The van der Waals surface area contributed by atoms with Crippen molar-refractivity contribution in [1.82, 2.24) is 0 Å². The molecule has 19 heavy (non-hydrogen) atoms. The topological polar surface area (TPSA) is 26.3 Å². The van der Waals surface area contributed by atoms with E-state index in [-0.39, 0.29) is 5.76 Å². The van der Waals surface area contributed by atoms with E-state index >= 15 is 0 Å². The number of hydrogen-bond acceptors (Lipinski definition) is 2. The van der Waals surface area contributed by atoms with Crippen molar-refractivity contribution in [1.29, 1.82) is 0 Å². The van der Waals surface area contributed by atoms with E-state index in [4.69, 9.17) is 0 Å². The van der Waals surface area contributed by atoms with Gasteiger partial charge in [-0.25, -0.2) is 4.79 Å². The normalized spacial score (nSPS) is 15.2. The molecule has 0 fully saturated rings. The molecule has 0 amide bonds. The Morgan fingerprint density at radius 1 is 1.32 bits per heavy atom. The summed E-state index contributed by atoms with van der Waals surface area (Å²) >= 11 is 3.26. The minimum absolute atomic E-state index is 0.0184. The molecule has 1 aliphatic rings. The number of aryl methyl sites for hydroxylation is 1. The monoisotopic (exact) mass is 334 g/mol. The van der Waals surface area contributed by atoms with Gasteiger partial charge in [-0.1, -0.05) is 22.0 Å². The molecular formula is C13H10BrF3O2. The number of halogens is 4. The molecule has 0 saturated carbocycles. The fraction of sp³-hybridized carbons (Fsp3) is 0.308. The molecule has 0 saturated heterocycles. The van der Waals surface area contributed by atoms with Gasteiger partial charge in [0.2, 0.25) is 0 Å². The highest BCUT2D eigenvalue weighted by atomic mass is 79.9. The molecule has 102 valence electrons. The highest BCUT2D eigenvalue weighted by Crippen LogP contribution is 2.35. The Labute approximate surface area is 116 Å². The van der Waals surface area contributed by atoms with Gasteiger partial charge in [0.25, 0.3) is 0 Å². The van der Waals surface area contributed by atoms with Crippen molar-refractivity contribution in [3.05, 3.63) is 39.4 Å². The van der Waals surface area contributed by atoms with Crippen molar-refractivity contribution in [2.75, 3.05) is 0 Å². The van der Waals surface area contributed by atoms with Gasteiger partial charge in [-0.05, 0) is 43.0 Å². The molecule has 0 N–H and O–H groups in total. The SMILES string of the molecule is CC1=C(OC(=O)C(F)(F)F)c2cc(Br)ccc2CC1. The lowest BCUT2D eigenvalue weighted by Crippen LogP contribution is -2.25. The zero-order valence-electron chi connectivity index (χ0n) is 9.97. The Morgan fingerprint density at radius 3 is 2.63 bits per heavy atom. The standard InChI is InChI=1S/C13H10BrF3O2/c1-7-2-3-8-4-5-9(14)6-10(8)11(7)19-12(18)13(15,16)17/h4-6H,2-3H2,1H3. The Kier molecular flexibility index (Phi) is 3.71. The summed E-state index contributed by atoms with van der Waals surface area (Å²) in [6.07, 6.45) is -3.69. The van der Waals surface area contributed by atoms with Crippen LogP contribution in [0.4, 0.5) is 13.2 Å². The number of hydrogen-bond donors (Lipinski definition) is 0. The Bertz CT molecular complexity index is 561. The molecule has 2 nitrogen and oxygen atoms in total. The van der Waals surface area contributed by atoms with Crippen molar-refractivity contribution >= 4 is 27.7 Å². The fourth-order valence-electron chi connectivity index (χ4n) is 1.94. The lowest BCUT2D eigenvalue weighted by Gasteiger charge is -2.21. The molecule has 0 aliphatic heterocycles. The van der Waals surface area contributed by atoms with Crippen LogP contribution in [0, 0.1) is 0 Å². The quantitative estimate of drug-likeness (QED) is 0.718. The van der Waals surface area contributed by atoms with Crippen molar-refractivity contribution in [3.63, 3.8) is 0 Å². The molecule has 2 rings (SSSR count). The fourth-order valence-corrected chi connectivity index (χ4v) is 2.30. The predicted octanol–water partition coefficient (Wildman–Crippen LogP) is 4.23. The summed E-state index contributed by atoms with van der Waals surface area (Å²) in [6, 6.07) is 5.28. The average molecular weight is 335 g/mol. The Balaban J connectivity index is 2.39. The van der Waals surface area contributed by atoms with Gasteiger partial charge in [0.05, 0.1) is 0 Å². The van der Waals surface area contributed by atoms with Crippen LogP contribution in [0.1, 0.15) is 24.5 Å². The van der Waals surface area contributed by atoms with E-state index in [0.717, 1.165) is 16.5 Å². The third-order valence-corrected chi connectivity index (χ3v) is 3.39. The number of fused-ring (bicyclic) bond motifs is 1. The zero-order chi connectivity index (χ0) is 14.2. The molecule has 0 spiro atoms. The maximum Gasteiger partial charge on any atom is 0.491 e. The first-order valence-electron chi connectivity index (χ1n) is 5.56. The van der Waals surface area contributed by atoms with Crippen LogP contribution in [0.5, 0.6) is 0 Å². The number of carbonyl (C=O) groups excluding carboxylic acids is 1. The van der Waals surface area contributed by atoms with Crippen LogP contribution < -0.4 is 0 Å². The molecule has 0 unspecified atom stereocenters. The van der Waals surface area contributed by atoms with Gasteiger partial charge >= 0.3 is 12.1 Å². The number of rotatable bonds is 1. The summed E-state index contributed by atoms with van der Waals surface area (Å²) in [5.74, 6) is -2.17. The highest BCUT2D eigenvalue weighted by Gasteiger charge is 2.42. The number of esters is 1. The first-order chi connectivity index (χ1) is 8.79. The van der Waals surface area contributed by atoms with Gasteiger partial charge < -0.3 is 4.74 Å². The molecule has 1 aliphatic carbocycles. The molecule has 6 heteroatoms. The molecule has 0 radical (unpaired) electrons. The summed E-state index contributed by atoms with van der Waals surface area (Å²) in [6.45, 7) is 1.67. The zero-order valence-corrected chi connectivity index (χ0v) is 11.6. The van der Waals surface area contributed by atoms with Gasteiger partial charge in [0, 0.05) is 10.0 Å². The van der Waals surface area contributed by atoms with Crippen LogP contribution in [0.2, 0.25) is 0 Å². The van der Waals surface area contributed by atoms with Crippen molar-refractivity contribution in [3.8, 4) is 0 Å². The molecule has 1 aromatic carbocycles. The summed E-state index contributed by atoms with van der Waals surface area (Å²) in [4.78, 5) is 11.0. The van der Waals surface area contributed by atoms with Crippen molar-refractivity contribution < 1.29 is 22.7 Å². The van der Waals surface area contributed by atoms with E-state index in [1.54, 1.807) is 13.0 Å². The van der Waals surface area contributed by atoms with Gasteiger partial charge in [0.15, 0.2) is 0 Å². The van der Waals surface area contributed by atoms with E-state index in [0.29, 0.717) is 17.6 Å². The van der Waals surface area contributed by atoms with E-state index in [9.17, 15) is 18.0 Å². The number of benzene rings is 1. The first-order valence-corrected chi connectivity index (χ1v) is 6.36. The average Bonchev–Trinajstić information content (AvgIpc) is 2.31. The Hall–Kier alpha value is -1.30. The van der Waals surface area contributed by atoms with Crippen LogP contribution in [0.15, 0.2) is 28.2 Å². The number of carbonyl (C=O) groups is 1. The number of ether oxygens (including phenoxy) is 1. The van der Waals surface area contributed by atoms with Gasteiger partial charge in [0.1, 0.15) is 5.76 Å². The van der Waals surface area contributed by atoms with Crippen LogP contribution in [0.3, 0.4) is 0 Å². The lowest BCUT2D eigenvalue weighted by atomic mass is 9.91. The van der Waals surface area contributed by atoms with Crippen LogP contribution in [0.25, 0.3) is 5.76 Å². The molecule has 0 aromatic heterocycles. The van der Waals surface area contributed by atoms with E-state index < -0.39 is 12.1 Å². The van der Waals surface area contributed by atoms with Gasteiger partial charge in [-0.3, -0.25) is 0 Å². The second-order valence-corrected chi connectivity index (χ2v) is 5.21. The highest BCUT2D eigenvalue weighted by molar-refractivity contribution is 9.10. The van der Waals surface area contributed by atoms with E-state index in [2.05, 4.69) is 20.7 Å². The summed E-state index contributed by atoms with van der Waals surface area (Å²) in [7, 11) is 0. The lowest BCUT2D eigenvalue weighted by molar-refractivity contribution is -0.192. The van der Waals surface area contributed by atoms with Crippen LogP contribution in [-0.2, 0) is 16.0 Å². The molecule has 1 aromatic rings. The summed E-state index contributed by atoms with van der Waals surface area (Å²) in [5.41, 5.74) is 2.05. The predicted molar refractivity (Wildman–Crippen MR) is 67.2 cm³/mol. The second kappa shape index (κ2) is 5.00. The minimum Gasteiger partial charge on any atom is -0.419 e. The smallest absolute Gasteiger partial charge is 0.419 e. The third kappa shape index (κ3) is 3.00. The van der Waals surface area contributed by atoms with Gasteiger partial charge in [-0.15, -0.1) is 0 Å². The maximum absolute atomic E-state index is 12.3. The number of allylic oxidation sites excluding steroid dienone is 1. The number of alkyl halides is 3. The van der Waals surface area contributed by atoms with Gasteiger partial charge in [-0.2, -0.15) is 13.2 Å². The molecule has 0 heterocycles. The first kappa shape index (κ1) is 14.1.